The van der Waals surface area contributed by atoms with Crippen LogP contribution in [0.4, 0.5) is 0 Å². The number of para-hydroxylation sites is 1. The van der Waals surface area contributed by atoms with E-state index in [1.54, 1.807) is 0 Å². The van der Waals surface area contributed by atoms with E-state index < -0.39 is 0 Å². The first-order chi connectivity index (χ1) is 10.4. The smallest absolute Gasteiger partial charge is 0.191 e. The quantitative estimate of drug-likeness (QED) is 0.394. The highest BCUT2D eigenvalue weighted by Gasteiger charge is 1.96. The van der Waals surface area contributed by atoms with Gasteiger partial charge in [0.1, 0.15) is 5.75 Å². The van der Waals surface area contributed by atoms with Crippen molar-refractivity contribution >= 4 is 5.96 Å². The number of rotatable bonds is 10. The minimum atomic E-state index is 0.672. The molecule has 1 rings (SSSR count). The standard InChI is InChI=1S/C16H27N3O2/c1-3-17-16(19-12-14-20-4-2)18-11-8-13-21-15-9-6-5-7-10-15/h5-7,9-10H,3-4,8,11-14H2,1-2H3,(H2,17,18,19). The molecule has 0 saturated carbocycles. The van der Waals surface area contributed by atoms with Gasteiger partial charge in [-0.1, -0.05) is 18.2 Å². The maximum absolute atomic E-state index is 5.63. The Bertz CT molecular complexity index is 382. The predicted octanol–water partition coefficient (Wildman–Crippen LogP) is 2.05. The second-order valence-corrected chi connectivity index (χ2v) is 4.40. The lowest BCUT2D eigenvalue weighted by Gasteiger charge is -2.11. The summed E-state index contributed by atoms with van der Waals surface area (Å²) in [4.78, 5) is 4.50. The zero-order chi connectivity index (χ0) is 15.2. The molecular weight excluding hydrogens is 266 g/mol. The maximum Gasteiger partial charge on any atom is 0.191 e. The van der Waals surface area contributed by atoms with E-state index in [2.05, 4.69) is 22.5 Å². The summed E-state index contributed by atoms with van der Waals surface area (Å²) in [6, 6.07) is 9.84. The molecule has 0 radical (unpaired) electrons. The van der Waals surface area contributed by atoms with Gasteiger partial charge in [-0.15, -0.1) is 0 Å². The molecule has 0 aromatic heterocycles. The van der Waals surface area contributed by atoms with Crippen LogP contribution in [-0.2, 0) is 4.74 Å². The van der Waals surface area contributed by atoms with E-state index in [0.29, 0.717) is 13.2 Å². The largest absolute Gasteiger partial charge is 0.494 e. The number of nitrogens with zero attached hydrogens (tertiary/aromatic N) is 1. The predicted molar refractivity (Wildman–Crippen MR) is 87.0 cm³/mol. The monoisotopic (exact) mass is 293 g/mol. The number of aliphatic imine (C=N–C) groups is 1. The number of hydrogen-bond acceptors (Lipinski definition) is 3. The van der Waals surface area contributed by atoms with Gasteiger partial charge in [-0.05, 0) is 26.0 Å². The third kappa shape index (κ3) is 8.92. The van der Waals surface area contributed by atoms with Crippen molar-refractivity contribution in [2.24, 2.45) is 4.99 Å². The van der Waals surface area contributed by atoms with Gasteiger partial charge in [0.25, 0.3) is 0 Å². The van der Waals surface area contributed by atoms with Crippen LogP contribution in [0.5, 0.6) is 5.75 Å². The summed E-state index contributed by atoms with van der Waals surface area (Å²) in [5.74, 6) is 1.74. The fraction of sp³-hybridized carbons (Fsp3) is 0.562. The fourth-order valence-electron chi connectivity index (χ4n) is 1.69. The number of benzene rings is 1. The van der Waals surface area contributed by atoms with E-state index in [0.717, 1.165) is 44.4 Å². The fourth-order valence-corrected chi connectivity index (χ4v) is 1.69. The average molecular weight is 293 g/mol. The Labute approximate surface area is 127 Å². The van der Waals surface area contributed by atoms with E-state index in [-0.39, 0.29) is 0 Å². The summed E-state index contributed by atoms with van der Waals surface area (Å²) in [6.07, 6.45) is 0.886. The second kappa shape index (κ2) is 12.0. The van der Waals surface area contributed by atoms with Crippen LogP contribution in [0.2, 0.25) is 0 Å². The van der Waals surface area contributed by atoms with Crippen molar-refractivity contribution in [1.82, 2.24) is 10.6 Å². The van der Waals surface area contributed by atoms with Gasteiger partial charge < -0.3 is 20.1 Å². The highest BCUT2D eigenvalue weighted by atomic mass is 16.5. The number of guanidine groups is 1. The van der Waals surface area contributed by atoms with E-state index in [9.17, 15) is 0 Å². The van der Waals surface area contributed by atoms with E-state index in [1.165, 1.54) is 0 Å². The highest BCUT2D eigenvalue weighted by Crippen LogP contribution is 2.08. The molecule has 0 unspecified atom stereocenters. The molecule has 0 aliphatic rings. The highest BCUT2D eigenvalue weighted by molar-refractivity contribution is 5.79. The second-order valence-electron chi connectivity index (χ2n) is 4.40. The van der Waals surface area contributed by atoms with E-state index >= 15 is 0 Å². The van der Waals surface area contributed by atoms with Crippen LogP contribution >= 0.6 is 0 Å². The van der Waals surface area contributed by atoms with Crippen molar-refractivity contribution in [3.63, 3.8) is 0 Å². The summed E-state index contributed by atoms with van der Waals surface area (Å²) in [6.45, 7) is 8.50. The number of nitrogens with one attached hydrogen (secondary N) is 2. The summed E-state index contributed by atoms with van der Waals surface area (Å²) in [5, 5.41) is 6.45. The van der Waals surface area contributed by atoms with Crippen molar-refractivity contribution in [3.8, 4) is 5.75 Å². The molecule has 2 N–H and O–H groups in total. The van der Waals surface area contributed by atoms with Crippen LogP contribution in [0.15, 0.2) is 35.3 Å². The molecule has 0 spiro atoms. The maximum atomic E-state index is 5.63. The van der Waals surface area contributed by atoms with Gasteiger partial charge in [0.15, 0.2) is 5.96 Å². The van der Waals surface area contributed by atoms with E-state index in [4.69, 9.17) is 9.47 Å². The van der Waals surface area contributed by atoms with Crippen LogP contribution in [0.1, 0.15) is 20.3 Å². The normalized spacial score (nSPS) is 11.2. The molecule has 0 aliphatic heterocycles. The first-order valence-electron chi connectivity index (χ1n) is 7.64. The molecule has 1 aromatic carbocycles. The van der Waals surface area contributed by atoms with Gasteiger partial charge in [-0.3, -0.25) is 4.99 Å². The van der Waals surface area contributed by atoms with Gasteiger partial charge >= 0.3 is 0 Å². The molecule has 0 bridgehead atoms. The first kappa shape index (κ1) is 17.3. The number of hydrogen-bond donors (Lipinski definition) is 2. The molecule has 0 saturated heterocycles. The molecule has 0 heterocycles. The first-order valence-corrected chi connectivity index (χ1v) is 7.64. The Morgan fingerprint density at radius 3 is 2.62 bits per heavy atom. The molecule has 0 aliphatic carbocycles. The van der Waals surface area contributed by atoms with Gasteiger partial charge in [0.2, 0.25) is 0 Å². The summed E-state index contributed by atoms with van der Waals surface area (Å²) in [7, 11) is 0. The topological polar surface area (TPSA) is 54.9 Å². The van der Waals surface area contributed by atoms with Gasteiger partial charge in [-0.25, -0.2) is 0 Å². The molecule has 5 nitrogen and oxygen atoms in total. The Kier molecular flexibility index (Phi) is 9.91. The molecular formula is C16H27N3O2. The van der Waals surface area contributed by atoms with E-state index in [1.807, 2.05) is 37.3 Å². The average Bonchev–Trinajstić information content (AvgIpc) is 2.52. The van der Waals surface area contributed by atoms with Crippen LogP contribution in [0, 0.1) is 0 Å². The van der Waals surface area contributed by atoms with Crippen LogP contribution in [0.3, 0.4) is 0 Å². The van der Waals surface area contributed by atoms with Gasteiger partial charge in [-0.2, -0.15) is 0 Å². The Balaban J connectivity index is 2.17. The third-order valence-electron chi connectivity index (χ3n) is 2.67. The Morgan fingerprint density at radius 1 is 1.10 bits per heavy atom. The van der Waals surface area contributed by atoms with Gasteiger partial charge in [0, 0.05) is 32.7 Å². The summed E-state index contributed by atoms with van der Waals surface area (Å²) >= 11 is 0. The molecule has 5 heteroatoms. The zero-order valence-corrected chi connectivity index (χ0v) is 13.1. The zero-order valence-electron chi connectivity index (χ0n) is 13.1. The molecule has 0 fully saturated rings. The Hall–Kier alpha value is -1.75. The summed E-state index contributed by atoms with van der Waals surface area (Å²) in [5.41, 5.74) is 0. The van der Waals surface area contributed by atoms with Crippen molar-refractivity contribution < 1.29 is 9.47 Å². The Morgan fingerprint density at radius 2 is 1.90 bits per heavy atom. The third-order valence-corrected chi connectivity index (χ3v) is 2.67. The van der Waals surface area contributed by atoms with Crippen molar-refractivity contribution in [3.05, 3.63) is 30.3 Å². The van der Waals surface area contributed by atoms with Crippen LogP contribution in [-0.4, -0.2) is 45.4 Å². The van der Waals surface area contributed by atoms with Crippen molar-refractivity contribution in [2.45, 2.75) is 20.3 Å². The van der Waals surface area contributed by atoms with Crippen molar-refractivity contribution in [2.75, 3.05) is 39.5 Å². The van der Waals surface area contributed by atoms with Gasteiger partial charge in [0.05, 0.1) is 13.2 Å². The minimum absolute atomic E-state index is 0.672. The molecule has 118 valence electrons. The molecule has 0 atom stereocenters. The molecule has 1 aromatic rings. The minimum Gasteiger partial charge on any atom is -0.494 e. The molecule has 21 heavy (non-hydrogen) atoms. The van der Waals surface area contributed by atoms with Crippen LogP contribution in [0.25, 0.3) is 0 Å². The summed E-state index contributed by atoms with van der Waals surface area (Å²) < 4.78 is 10.9. The SMILES string of the molecule is CCNC(=NCCCOc1ccccc1)NCCOCC. The number of ether oxygens (including phenoxy) is 2. The lowest BCUT2D eigenvalue weighted by atomic mass is 10.3. The molecule has 0 amide bonds. The lowest BCUT2D eigenvalue weighted by Crippen LogP contribution is -2.39. The lowest BCUT2D eigenvalue weighted by molar-refractivity contribution is 0.152. The van der Waals surface area contributed by atoms with Crippen LogP contribution < -0.4 is 15.4 Å². The van der Waals surface area contributed by atoms with Crippen molar-refractivity contribution in [1.29, 1.82) is 0 Å².